The maximum atomic E-state index is 11.8. The fraction of sp³-hybridized carbons (Fsp3) is 0.467. The van der Waals surface area contributed by atoms with Gasteiger partial charge in [0.25, 0.3) is 0 Å². The van der Waals surface area contributed by atoms with Gasteiger partial charge in [0.05, 0.1) is 23.7 Å². The number of amides is 1. The lowest BCUT2D eigenvalue weighted by molar-refractivity contribution is -0.140. The van der Waals surface area contributed by atoms with Gasteiger partial charge in [0.2, 0.25) is 5.91 Å². The van der Waals surface area contributed by atoms with E-state index in [1.54, 1.807) is 12.1 Å². The zero-order valence-corrected chi connectivity index (χ0v) is 14.2. The molecule has 0 unspecified atom stereocenters. The lowest BCUT2D eigenvalue weighted by Gasteiger charge is -2.16. The molecule has 7 heteroatoms. The highest BCUT2D eigenvalue weighted by Crippen LogP contribution is 2.22. The van der Waals surface area contributed by atoms with E-state index in [2.05, 4.69) is 10.1 Å². The summed E-state index contributed by atoms with van der Waals surface area (Å²) < 4.78 is 4.53. The zero-order valence-electron chi connectivity index (χ0n) is 12.7. The summed E-state index contributed by atoms with van der Waals surface area (Å²) in [6.45, 7) is 1.31. The average Bonchev–Trinajstić information content (AvgIpc) is 2.47. The molecule has 0 aliphatic heterocycles. The average molecular weight is 347 g/mol. The second-order valence-electron chi connectivity index (χ2n) is 4.95. The Bertz CT molecular complexity index is 524. The number of nitrogens with one attached hydrogen (secondary N) is 1. The van der Waals surface area contributed by atoms with E-state index in [4.69, 9.17) is 23.2 Å². The normalized spacial score (nSPS) is 10.6. The monoisotopic (exact) mass is 346 g/mol. The predicted octanol–water partition coefficient (Wildman–Crippen LogP) is 2.49. The van der Waals surface area contributed by atoms with Gasteiger partial charge in [-0.3, -0.25) is 14.5 Å². The van der Waals surface area contributed by atoms with Crippen molar-refractivity contribution >= 4 is 35.1 Å². The van der Waals surface area contributed by atoms with E-state index < -0.39 is 0 Å². The quantitative estimate of drug-likeness (QED) is 0.580. The third-order valence-corrected chi connectivity index (χ3v) is 3.70. The van der Waals surface area contributed by atoms with Crippen LogP contribution in [-0.4, -0.2) is 44.0 Å². The van der Waals surface area contributed by atoms with Crippen LogP contribution in [0.5, 0.6) is 0 Å². The van der Waals surface area contributed by atoms with Gasteiger partial charge in [0.15, 0.2) is 0 Å². The van der Waals surface area contributed by atoms with Gasteiger partial charge in [-0.1, -0.05) is 29.3 Å². The SMILES string of the molecule is COC(=O)CCCNC(=O)CN(C)Cc1ccc(Cl)c(Cl)c1. The van der Waals surface area contributed by atoms with E-state index in [0.29, 0.717) is 36.0 Å². The molecule has 0 aliphatic carbocycles. The van der Waals surface area contributed by atoms with Crippen molar-refractivity contribution in [1.82, 2.24) is 10.2 Å². The number of nitrogens with zero attached hydrogens (tertiary/aromatic N) is 1. The van der Waals surface area contributed by atoms with Gasteiger partial charge in [0.1, 0.15) is 0 Å². The summed E-state index contributed by atoms with van der Waals surface area (Å²) in [7, 11) is 3.19. The molecule has 0 bridgehead atoms. The molecule has 0 atom stereocenters. The highest BCUT2D eigenvalue weighted by molar-refractivity contribution is 6.42. The highest BCUT2D eigenvalue weighted by atomic mass is 35.5. The van der Waals surface area contributed by atoms with Crippen LogP contribution in [0.3, 0.4) is 0 Å². The molecule has 0 saturated heterocycles. The van der Waals surface area contributed by atoms with Crippen molar-refractivity contribution in [2.75, 3.05) is 27.2 Å². The van der Waals surface area contributed by atoms with Gasteiger partial charge >= 0.3 is 5.97 Å². The minimum atomic E-state index is -0.272. The van der Waals surface area contributed by atoms with Gasteiger partial charge in [0, 0.05) is 19.5 Å². The Kier molecular flexibility index (Phi) is 8.24. The number of esters is 1. The van der Waals surface area contributed by atoms with Gasteiger partial charge in [-0.2, -0.15) is 0 Å². The minimum Gasteiger partial charge on any atom is -0.469 e. The van der Waals surface area contributed by atoms with Crippen LogP contribution in [0.25, 0.3) is 0 Å². The standard InChI is InChI=1S/C15H20Cl2N2O3/c1-19(9-11-5-6-12(16)13(17)8-11)10-14(20)18-7-3-4-15(21)22-2/h5-6,8H,3-4,7,9-10H2,1-2H3,(H,18,20). The Morgan fingerprint density at radius 2 is 2.00 bits per heavy atom. The van der Waals surface area contributed by atoms with E-state index in [-0.39, 0.29) is 18.4 Å². The number of hydrogen-bond donors (Lipinski definition) is 1. The number of carbonyl (C=O) groups is 2. The van der Waals surface area contributed by atoms with Crippen LogP contribution in [0, 0.1) is 0 Å². The van der Waals surface area contributed by atoms with Crippen LogP contribution in [0.1, 0.15) is 18.4 Å². The van der Waals surface area contributed by atoms with Crippen molar-refractivity contribution in [3.63, 3.8) is 0 Å². The van der Waals surface area contributed by atoms with Crippen molar-refractivity contribution in [3.05, 3.63) is 33.8 Å². The number of methoxy groups -OCH3 is 1. The van der Waals surface area contributed by atoms with E-state index >= 15 is 0 Å². The molecule has 5 nitrogen and oxygen atoms in total. The number of ether oxygens (including phenoxy) is 1. The number of carbonyl (C=O) groups excluding carboxylic acids is 2. The van der Waals surface area contributed by atoms with E-state index in [0.717, 1.165) is 5.56 Å². The van der Waals surface area contributed by atoms with Crippen LogP contribution in [0.2, 0.25) is 10.0 Å². The summed E-state index contributed by atoms with van der Waals surface area (Å²) in [5.74, 6) is -0.363. The van der Waals surface area contributed by atoms with Crippen LogP contribution in [-0.2, 0) is 20.9 Å². The molecule has 0 fully saturated rings. The molecule has 1 rings (SSSR count). The third-order valence-electron chi connectivity index (χ3n) is 2.96. The Hall–Kier alpha value is -1.30. The summed E-state index contributed by atoms with van der Waals surface area (Å²) in [5.41, 5.74) is 0.982. The van der Waals surface area contributed by atoms with Gasteiger partial charge < -0.3 is 10.1 Å². The summed E-state index contributed by atoms with van der Waals surface area (Å²) in [5, 5.41) is 3.77. The summed E-state index contributed by atoms with van der Waals surface area (Å²) >= 11 is 11.8. The first-order valence-corrected chi connectivity index (χ1v) is 7.64. The number of hydrogen-bond acceptors (Lipinski definition) is 4. The first-order chi connectivity index (χ1) is 10.4. The smallest absolute Gasteiger partial charge is 0.305 e. The molecule has 0 saturated carbocycles. The minimum absolute atomic E-state index is 0.0903. The summed E-state index contributed by atoms with van der Waals surface area (Å²) in [4.78, 5) is 24.6. The molecular formula is C15H20Cl2N2O3. The van der Waals surface area contributed by atoms with Crippen molar-refractivity contribution in [3.8, 4) is 0 Å². The zero-order chi connectivity index (χ0) is 16.5. The molecule has 1 N–H and O–H groups in total. The van der Waals surface area contributed by atoms with Crippen LogP contribution >= 0.6 is 23.2 Å². The summed E-state index contributed by atoms with van der Waals surface area (Å²) in [6, 6.07) is 5.40. The molecular weight excluding hydrogens is 327 g/mol. The Labute approximate surface area is 140 Å². The predicted molar refractivity (Wildman–Crippen MR) is 87.1 cm³/mol. The maximum absolute atomic E-state index is 11.8. The second kappa shape index (κ2) is 9.66. The molecule has 0 spiro atoms. The number of rotatable bonds is 8. The number of likely N-dealkylation sites (N-methyl/N-ethyl adjacent to an activating group) is 1. The molecule has 1 aromatic carbocycles. The molecule has 0 heterocycles. The fourth-order valence-corrected chi connectivity index (χ4v) is 2.19. The van der Waals surface area contributed by atoms with E-state index in [9.17, 15) is 9.59 Å². The van der Waals surface area contributed by atoms with Crippen molar-refractivity contribution in [1.29, 1.82) is 0 Å². The molecule has 0 radical (unpaired) electrons. The van der Waals surface area contributed by atoms with Gasteiger partial charge in [-0.05, 0) is 31.2 Å². The lowest BCUT2D eigenvalue weighted by Crippen LogP contribution is -2.35. The topological polar surface area (TPSA) is 58.6 Å². The molecule has 122 valence electrons. The van der Waals surface area contributed by atoms with Crippen molar-refractivity contribution in [2.24, 2.45) is 0 Å². The first kappa shape index (κ1) is 18.7. The van der Waals surface area contributed by atoms with Crippen LogP contribution in [0.4, 0.5) is 0 Å². The molecule has 0 aromatic heterocycles. The largest absolute Gasteiger partial charge is 0.469 e. The second-order valence-corrected chi connectivity index (χ2v) is 5.76. The van der Waals surface area contributed by atoms with Crippen LogP contribution < -0.4 is 5.32 Å². The molecule has 1 aromatic rings. The third kappa shape index (κ3) is 7.11. The number of halogens is 2. The molecule has 0 aliphatic rings. The fourth-order valence-electron chi connectivity index (χ4n) is 1.87. The van der Waals surface area contributed by atoms with Crippen molar-refractivity contribution in [2.45, 2.75) is 19.4 Å². The maximum Gasteiger partial charge on any atom is 0.305 e. The van der Waals surface area contributed by atoms with Gasteiger partial charge in [-0.25, -0.2) is 0 Å². The summed E-state index contributed by atoms with van der Waals surface area (Å²) in [6.07, 6.45) is 0.866. The highest BCUT2D eigenvalue weighted by Gasteiger charge is 2.08. The Morgan fingerprint density at radius 1 is 1.27 bits per heavy atom. The Balaban J connectivity index is 2.28. The molecule has 1 amide bonds. The van der Waals surface area contributed by atoms with Gasteiger partial charge in [-0.15, -0.1) is 0 Å². The van der Waals surface area contributed by atoms with Crippen molar-refractivity contribution < 1.29 is 14.3 Å². The first-order valence-electron chi connectivity index (χ1n) is 6.88. The lowest BCUT2D eigenvalue weighted by atomic mass is 10.2. The Morgan fingerprint density at radius 3 is 2.64 bits per heavy atom. The number of benzene rings is 1. The van der Waals surface area contributed by atoms with Crippen LogP contribution in [0.15, 0.2) is 18.2 Å². The molecule has 22 heavy (non-hydrogen) atoms. The van der Waals surface area contributed by atoms with E-state index in [1.807, 2.05) is 18.0 Å². The van der Waals surface area contributed by atoms with E-state index in [1.165, 1.54) is 7.11 Å².